The first kappa shape index (κ1) is 12.4. The number of hydrogen-bond acceptors (Lipinski definition) is 2. The maximum absolute atomic E-state index is 11.0. The van der Waals surface area contributed by atoms with Crippen molar-refractivity contribution in [3.05, 3.63) is 12.2 Å². The molecule has 0 saturated heterocycles. The van der Waals surface area contributed by atoms with Crippen LogP contribution in [-0.2, 0) is 4.79 Å². The molecule has 1 N–H and O–H groups in total. The maximum atomic E-state index is 11.0. The van der Waals surface area contributed by atoms with Crippen LogP contribution in [0.5, 0.6) is 0 Å². The largest absolute Gasteiger partial charge is 0.392 e. The van der Waals surface area contributed by atoms with Crippen LogP contribution in [0.4, 0.5) is 0 Å². The highest BCUT2D eigenvalue weighted by Gasteiger charge is 2.39. The van der Waals surface area contributed by atoms with Gasteiger partial charge in [-0.15, -0.1) is 0 Å². The average molecular weight is 210 g/mol. The van der Waals surface area contributed by atoms with Crippen LogP contribution in [0.3, 0.4) is 0 Å². The third kappa shape index (κ3) is 2.91. The number of aliphatic hydroxyl groups is 1. The van der Waals surface area contributed by atoms with Crippen molar-refractivity contribution in [1.29, 1.82) is 0 Å². The highest BCUT2D eigenvalue weighted by molar-refractivity contribution is 5.76. The molecule has 2 heteroatoms. The zero-order valence-corrected chi connectivity index (χ0v) is 10.0. The van der Waals surface area contributed by atoms with Gasteiger partial charge >= 0.3 is 0 Å². The number of carbonyl (C=O) groups is 1. The lowest BCUT2D eigenvalue weighted by atomic mass is 9.64. The van der Waals surface area contributed by atoms with Gasteiger partial charge in [0.15, 0.2) is 0 Å². The van der Waals surface area contributed by atoms with Gasteiger partial charge in [0, 0.05) is 12.3 Å². The highest BCUT2D eigenvalue weighted by Crippen LogP contribution is 2.45. The Balaban J connectivity index is 2.78. The van der Waals surface area contributed by atoms with Gasteiger partial charge in [0.25, 0.3) is 0 Å². The summed E-state index contributed by atoms with van der Waals surface area (Å²) in [4.78, 5) is 11.0. The predicted molar refractivity (Wildman–Crippen MR) is 61.6 cm³/mol. The zero-order chi connectivity index (χ0) is 11.6. The molecule has 0 spiro atoms. The lowest BCUT2D eigenvalue weighted by Gasteiger charge is -2.42. The molecule has 1 aliphatic rings. The van der Waals surface area contributed by atoms with E-state index in [1.54, 1.807) is 0 Å². The minimum atomic E-state index is -0.551. The Hall–Kier alpha value is -0.630. The predicted octanol–water partition coefficient (Wildman–Crippen LogP) is 2.71. The third-order valence-corrected chi connectivity index (χ3v) is 3.48. The molecule has 0 bridgehead atoms. The third-order valence-electron chi connectivity index (χ3n) is 3.48. The Morgan fingerprint density at radius 1 is 1.67 bits per heavy atom. The number of rotatable bonds is 3. The van der Waals surface area contributed by atoms with E-state index in [0.29, 0.717) is 0 Å². The number of ketones is 1. The molecule has 0 heterocycles. The number of carbonyl (C=O) groups excluding carboxylic acids is 1. The first-order valence-corrected chi connectivity index (χ1v) is 5.70. The summed E-state index contributed by atoms with van der Waals surface area (Å²) >= 11 is 0. The van der Waals surface area contributed by atoms with Gasteiger partial charge in [0.2, 0.25) is 0 Å². The van der Waals surface area contributed by atoms with Crippen molar-refractivity contribution in [2.75, 3.05) is 0 Å². The van der Waals surface area contributed by atoms with Gasteiger partial charge in [-0.2, -0.15) is 0 Å². The van der Waals surface area contributed by atoms with Gasteiger partial charge in [-0.05, 0) is 31.6 Å². The molecule has 0 aromatic rings. The summed E-state index contributed by atoms with van der Waals surface area (Å²) in [6.07, 6.45) is 2.95. The first-order chi connectivity index (χ1) is 6.84. The quantitative estimate of drug-likeness (QED) is 0.727. The van der Waals surface area contributed by atoms with Crippen molar-refractivity contribution in [2.45, 2.75) is 52.6 Å². The van der Waals surface area contributed by atoms with Crippen LogP contribution in [0, 0.1) is 11.3 Å². The van der Waals surface area contributed by atoms with E-state index in [1.807, 2.05) is 0 Å². The molecule has 0 aromatic carbocycles. The molecule has 0 amide bonds. The van der Waals surface area contributed by atoms with E-state index >= 15 is 0 Å². The van der Waals surface area contributed by atoms with Gasteiger partial charge in [0.05, 0.1) is 6.10 Å². The second-order valence-corrected chi connectivity index (χ2v) is 5.45. The summed E-state index contributed by atoms with van der Waals surface area (Å²) in [7, 11) is 0. The molecule has 1 fully saturated rings. The van der Waals surface area contributed by atoms with Crippen LogP contribution in [0.2, 0.25) is 0 Å². The van der Waals surface area contributed by atoms with Crippen molar-refractivity contribution in [3.8, 4) is 0 Å². The molecule has 2 nitrogen and oxygen atoms in total. The van der Waals surface area contributed by atoms with E-state index in [2.05, 4.69) is 20.4 Å². The molecular weight excluding hydrogens is 188 g/mol. The summed E-state index contributed by atoms with van der Waals surface area (Å²) in [6, 6.07) is 0. The van der Waals surface area contributed by atoms with E-state index in [1.165, 1.54) is 6.92 Å². The van der Waals surface area contributed by atoms with E-state index in [4.69, 9.17) is 0 Å². The monoisotopic (exact) mass is 210 g/mol. The zero-order valence-electron chi connectivity index (χ0n) is 10.0. The van der Waals surface area contributed by atoms with E-state index in [9.17, 15) is 9.90 Å². The number of hydrogen-bond donors (Lipinski definition) is 1. The fourth-order valence-corrected chi connectivity index (χ4v) is 2.84. The first-order valence-electron chi connectivity index (χ1n) is 5.70. The molecule has 1 aliphatic carbocycles. The van der Waals surface area contributed by atoms with Gasteiger partial charge in [0.1, 0.15) is 5.78 Å². The second-order valence-electron chi connectivity index (χ2n) is 5.45. The Labute approximate surface area is 92.4 Å². The van der Waals surface area contributed by atoms with Crippen LogP contribution in [-0.4, -0.2) is 17.0 Å². The molecule has 0 aliphatic heterocycles. The standard InChI is InChI=1S/C13H22O2/c1-9-6-5-7-13(3,4)12(9)11(15)8-10(2)14/h11-12,15H,1,5-8H2,2-4H3. The van der Waals surface area contributed by atoms with Crippen LogP contribution >= 0.6 is 0 Å². The van der Waals surface area contributed by atoms with Crippen molar-refractivity contribution < 1.29 is 9.90 Å². The summed E-state index contributed by atoms with van der Waals surface area (Å²) in [5.41, 5.74) is 1.18. The molecule has 1 saturated carbocycles. The molecule has 0 radical (unpaired) electrons. The van der Waals surface area contributed by atoms with Crippen LogP contribution in [0.1, 0.15) is 46.5 Å². The summed E-state index contributed by atoms with van der Waals surface area (Å²) < 4.78 is 0. The number of Topliss-reactive ketones (excluding diaryl/α,β-unsaturated/α-hetero) is 1. The SMILES string of the molecule is C=C1CCCC(C)(C)C1C(O)CC(C)=O. The molecule has 0 aromatic heterocycles. The fourth-order valence-electron chi connectivity index (χ4n) is 2.84. The maximum Gasteiger partial charge on any atom is 0.132 e. The Morgan fingerprint density at radius 3 is 2.73 bits per heavy atom. The topological polar surface area (TPSA) is 37.3 Å². The van der Waals surface area contributed by atoms with Crippen LogP contribution < -0.4 is 0 Å². The molecule has 2 unspecified atom stereocenters. The minimum absolute atomic E-state index is 0.0525. The Bertz CT molecular complexity index is 266. The summed E-state index contributed by atoms with van der Waals surface area (Å²) in [6.45, 7) is 9.89. The van der Waals surface area contributed by atoms with Gasteiger partial charge in [-0.25, -0.2) is 0 Å². The summed E-state index contributed by atoms with van der Waals surface area (Å²) in [5.74, 6) is 0.131. The molecule has 15 heavy (non-hydrogen) atoms. The van der Waals surface area contributed by atoms with Gasteiger partial charge in [-0.1, -0.05) is 26.0 Å². The Morgan fingerprint density at radius 2 is 2.27 bits per heavy atom. The second kappa shape index (κ2) is 4.48. The molecular formula is C13H22O2. The molecule has 2 atom stereocenters. The van der Waals surface area contributed by atoms with Crippen LogP contribution in [0.15, 0.2) is 12.2 Å². The summed E-state index contributed by atoms with van der Waals surface area (Å²) in [5, 5.41) is 10.1. The lowest BCUT2D eigenvalue weighted by molar-refractivity contribution is -0.120. The van der Waals surface area contributed by atoms with Crippen LogP contribution in [0.25, 0.3) is 0 Å². The van der Waals surface area contributed by atoms with Crippen molar-refractivity contribution in [2.24, 2.45) is 11.3 Å². The normalized spacial score (nSPS) is 27.5. The van der Waals surface area contributed by atoms with E-state index in [0.717, 1.165) is 24.8 Å². The highest BCUT2D eigenvalue weighted by atomic mass is 16.3. The van der Waals surface area contributed by atoms with Crippen molar-refractivity contribution in [1.82, 2.24) is 0 Å². The molecule has 1 rings (SSSR count). The van der Waals surface area contributed by atoms with Gasteiger partial charge in [-0.3, -0.25) is 4.79 Å². The van der Waals surface area contributed by atoms with Gasteiger partial charge < -0.3 is 5.11 Å². The fraction of sp³-hybridized carbons (Fsp3) is 0.769. The number of aliphatic hydroxyl groups excluding tert-OH is 1. The smallest absolute Gasteiger partial charge is 0.132 e. The van der Waals surface area contributed by atoms with Crippen molar-refractivity contribution >= 4 is 5.78 Å². The minimum Gasteiger partial charge on any atom is -0.392 e. The van der Waals surface area contributed by atoms with Crippen molar-refractivity contribution in [3.63, 3.8) is 0 Å². The molecule has 86 valence electrons. The van der Waals surface area contributed by atoms with E-state index in [-0.39, 0.29) is 23.5 Å². The van der Waals surface area contributed by atoms with E-state index < -0.39 is 6.10 Å². The lowest BCUT2D eigenvalue weighted by Crippen LogP contribution is -2.39. The Kier molecular flexibility index (Phi) is 3.72. The average Bonchev–Trinajstić information content (AvgIpc) is 1.99.